The van der Waals surface area contributed by atoms with Crippen LogP contribution in [0.4, 0.5) is 5.82 Å². The van der Waals surface area contributed by atoms with E-state index in [2.05, 4.69) is 32.6 Å². The van der Waals surface area contributed by atoms with Gasteiger partial charge in [-0.2, -0.15) is 0 Å². The first kappa shape index (κ1) is 15.9. The molecule has 1 N–H and O–H groups in total. The molecule has 0 radical (unpaired) electrons. The molecule has 0 aliphatic carbocycles. The topological polar surface area (TPSA) is 85.6 Å². The molecule has 0 spiro atoms. The summed E-state index contributed by atoms with van der Waals surface area (Å²) in [5.41, 5.74) is 2.69. The molecule has 4 rings (SSSR count). The second kappa shape index (κ2) is 6.72. The fourth-order valence-electron chi connectivity index (χ4n) is 2.72. The van der Waals surface area contributed by atoms with Crippen molar-refractivity contribution in [1.29, 1.82) is 0 Å². The summed E-state index contributed by atoms with van der Waals surface area (Å²) in [6.07, 6.45) is 0.834. The quantitative estimate of drug-likeness (QED) is 0.615. The number of rotatable bonds is 4. The lowest BCUT2D eigenvalue weighted by Gasteiger charge is -2.04. The molecule has 4 aromatic rings. The number of para-hydroxylation sites is 2. The first-order valence-electron chi connectivity index (χ1n) is 8.30. The van der Waals surface area contributed by atoms with Gasteiger partial charge < -0.3 is 5.32 Å². The highest BCUT2D eigenvalue weighted by molar-refractivity contribution is 6.01. The first-order valence-corrected chi connectivity index (χ1v) is 8.30. The number of anilines is 1. The van der Waals surface area contributed by atoms with Gasteiger partial charge >= 0.3 is 0 Å². The number of hydrogen-bond donors (Lipinski definition) is 1. The second-order valence-electron chi connectivity index (χ2n) is 5.73. The lowest BCUT2D eigenvalue weighted by molar-refractivity contribution is 0.101. The molecule has 0 atom stereocenters. The number of nitrogens with zero attached hydrogens (tertiary/aromatic N) is 5. The molecule has 0 fully saturated rings. The summed E-state index contributed by atoms with van der Waals surface area (Å²) in [6, 6.07) is 19.1. The average Bonchev–Trinajstić information content (AvgIpc) is 3.18. The third-order valence-corrected chi connectivity index (χ3v) is 4.04. The number of pyridine rings is 1. The zero-order chi connectivity index (χ0) is 17.9. The molecule has 0 saturated heterocycles. The van der Waals surface area contributed by atoms with Gasteiger partial charge in [0.1, 0.15) is 5.82 Å². The summed E-state index contributed by atoms with van der Waals surface area (Å²) < 4.78 is 0. The van der Waals surface area contributed by atoms with E-state index in [-0.39, 0.29) is 5.82 Å². The fraction of sp³-hybridized carbons (Fsp3) is 0.105. The van der Waals surface area contributed by atoms with Crippen molar-refractivity contribution in [1.82, 2.24) is 25.2 Å². The monoisotopic (exact) mass is 344 g/mol. The third kappa shape index (κ3) is 3.02. The Hall–Kier alpha value is -3.61. The lowest BCUT2D eigenvalue weighted by atomic mass is 10.1. The zero-order valence-electron chi connectivity index (χ0n) is 14.1. The molecule has 26 heavy (non-hydrogen) atoms. The summed E-state index contributed by atoms with van der Waals surface area (Å²) in [5, 5.41) is 15.8. The number of aromatic nitrogens is 5. The Bertz CT molecular complexity index is 1090. The Morgan fingerprint density at radius 3 is 2.73 bits per heavy atom. The van der Waals surface area contributed by atoms with Gasteiger partial charge in [-0.25, -0.2) is 4.98 Å². The van der Waals surface area contributed by atoms with E-state index in [0.717, 1.165) is 28.6 Å². The lowest BCUT2D eigenvalue weighted by Crippen LogP contribution is -2.15. The summed E-state index contributed by atoms with van der Waals surface area (Å²) in [7, 11) is 0. The molecule has 0 saturated carbocycles. The van der Waals surface area contributed by atoms with E-state index in [0.29, 0.717) is 5.82 Å². The van der Waals surface area contributed by atoms with E-state index in [4.69, 9.17) is 0 Å². The van der Waals surface area contributed by atoms with Crippen LogP contribution in [0.3, 0.4) is 0 Å². The highest BCUT2D eigenvalue weighted by Crippen LogP contribution is 2.15. The maximum Gasteiger partial charge on any atom is 0.298 e. The van der Waals surface area contributed by atoms with Crippen LogP contribution in [0.25, 0.3) is 16.6 Å². The first-order chi connectivity index (χ1) is 12.7. The van der Waals surface area contributed by atoms with Crippen molar-refractivity contribution in [2.75, 3.05) is 5.32 Å². The zero-order valence-corrected chi connectivity index (χ0v) is 14.1. The van der Waals surface area contributed by atoms with Crippen molar-refractivity contribution in [3.63, 3.8) is 0 Å². The number of tetrazole rings is 1. The van der Waals surface area contributed by atoms with Gasteiger partial charge in [-0.1, -0.05) is 43.3 Å². The SMILES string of the molecule is CCc1ccccc1-n1nnc(C(=O)Nc2ccc3ccccc3n2)n1. The van der Waals surface area contributed by atoms with Crippen molar-refractivity contribution in [2.24, 2.45) is 0 Å². The molecule has 2 aromatic carbocycles. The Balaban J connectivity index is 1.58. The van der Waals surface area contributed by atoms with Crippen LogP contribution >= 0.6 is 0 Å². The normalized spacial score (nSPS) is 10.8. The van der Waals surface area contributed by atoms with Crippen LogP contribution in [0.1, 0.15) is 23.1 Å². The van der Waals surface area contributed by atoms with Gasteiger partial charge in [-0.3, -0.25) is 4.79 Å². The molecular weight excluding hydrogens is 328 g/mol. The minimum absolute atomic E-state index is 0.00846. The van der Waals surface area contributed by atoms with Crippen molar-refractivity contribution in [3.05, 3.63) is 72.1 Å². The van der Waals surface area contributed by atoms with Crippen LogP contribution in [0.15, 0.2) is 60.7 Å². The standard InChI is InChI=1S/C19H16N6O/c1-2-13-7-4-6-10-16(13)25-23-18(22-24-25)19(26)21-17-12-11-14-8-3-5-9-15(14)20-17/h3-12H,2H2,1H3,(H,20,21,26). The smallest absolute Gasteiger partial charge is 0.298 e. The molecule has 0 aliphatic heterocycles. The maximum atomic E-state index is 12.4. The third-order valence-electron chi connectivity index (χ3n) is 4.04. The van der Waals surface area contributed by atoms with Gasteiger partial charge in [0.05, 0.1) is 11.2 Å². The number of carbonyl (C=O) groups is 1. The summed E-state index contributed by atoms with van der Waals surface area (Å²) in [4.78, 5) is 18.2. The van der Waals surface area contributed by atoms with Gasteiger partial charge in [0, 0.05) is 5.39 Å². The molecule has 0 aliphatic rings. The van der Waals surface area contributed by atoms with E-state index in [1.165, 1.54) is 4.80 Å². The van der Waals surface area contributed by atoms with E-state index in [9.17, 15) is 4.79 Å². The van der Waals surface area contributed by atoms with Crippen LogP contribution < -0.4 is 5.32 Å². The molecule has 7 heteroatoms. The highest BCUT2D eigenvalue weighted by atomic mass is 16.2. The number of benzene rings is 2. The van der Waals surface area contributed by atoms with Crippen LogP contribution in [0.5, 0.6) is 0 Å². The van der Waals surface area contributed by atoms with Gasteiger partial charge in [0.15, 0.2) is 0 Å². The average molecular weight is 344 g/mol. The Morgan fingerprint density at radius 1 is 1.04 bits per heavy atom. The van der Waals surface area contributed by atoms with E-state index >= 15 is 0 Å². The molecule has 7 nitrogen and oxygen atoms in total. The second-order valence-corrected chi connectivity index (χ2v) is 5.73. The van der Waals surface area contributed by atoms with Gasteiger partial charge in [-0.05, 0) is 41.5 Å². The van der Waals surface area contributed by atoms with Gasteiger partial charge in [0.2, 0.25) is 0 Å². The highest BCUT2D eigenvalue weighted by Gasteiger charge is 2.15. The maximum absolute atomic E-state index is 12.4. The number of fused-ring (bicyclic) bond motifs is 1. The van der Waals surface area contributed by atoms with E-state index in [1.807, 2.05) is 54.6 Å². The van der Waals surface area contributed by atoms with Crippen molar-refractivity contribution in [2.45, 2.75) is 13.3 Å². The van der Waals surface area contributed by atoms with Crippen LogP contribution in [-0.2, 0) is 6.42 Å². The summed E-state index contributed by atoms with van der Waals surface area (Å²) >= 11 is 0. The van der Waals surface area contributed by atoms with Crippen LogP contribution in [0.2, 0.25) is 0 Å². The predicted molar refractivity (Wildman–Crippen MR) is 98.2 cm³/mol. The van der Waals surface area contributed by atoms with Crippen molar-refractivity contribution >= 4 is 22.6 Å². The minimum atomic E-state index is -0.451. The number of nitrogens with one attached hydrogen (secondary N) is 1. The number of aryl methyl sites for hydroxylation is 1. The number of hydrogen-bond acceptors (Lipinski definition) is 5. The number of amides is 1. The van der Waals surface area contributed by atoms with Crippen LogP contribution in [-0.4, -0.2) is 31.1 Å². The molecule has 0 unspecified atom stereocenters. The number of carbonyl (C=O) groups excluding carboxylic acids is 1. The Morgan fingerprint density at radius 2 is 1.85 bits per heavy atom. The molecule has 1 amide bonds. The van der Waals surface area contributed by atoms with Gasteiger partial charge in [-0.15, -0.1) is 15.0 Å². The summed E-state index contributed by atoms with van der Waals surface area (Å²) in [5.74, 6) is -0.0158. The fourth-order valence-corrected chi connectivity index (χ4v) is 2.72. The Labute approximate surface area is 149 Å². The summed E-state index contributed by atoms with van der Waals surface area (Å²) in [6.45, 7) is 2.05. The minimum Gasteiger partial charge on any atom is -0.304 e. The van der Waals surface area contributed by atoms with E-state index in [1.54, 1.807) is 6.07 Å². The molecule has 2 heterocycles. The van der Waals surface area contributed by atoms with Crippen molar-refractivity contribution < 1.29 is 4.79 Å². The van der Waals surface area contributed by atoms with Crippen LogP contribution in [0, 0.1) is 0 Å². The molecule has 2 aromatic heterocycles. The van der Waals surface area contributed by atoms with Gasteiger partial charge in [0.25, 0.3) is 11.7 Å². The van der Waals surface area contributed by atoms with Crippen molar-refractivity contribution in [3.8, 4) is 5.69 Å². The van der Waals surface area contributed by atoms with E-state index < -0.39 is 5.91 Å². The predicted octanol–water partition coefficient (Wildman–Crippen LogP) is 3.03. The molecule has 128 valence electrons. The largest absolute Gasteiger partial charge is 0.304 e. The molecular formula is C19H16N6O. The molecule has 0 bridgehead atoms. The Kier molecular flexibility index (Phi) is 4.10.